The molecule has 0 amide bonds. The number of halogens is 4. The first-order chi connectivity index (χ1) is 8.77. The first-order valence-electron chi connectivity index (χ1n) is 5.11. The Morgan fingerprint density at radius 2 is 2.16 bits per heavy atom. The van der Waals surface area contributed by atoms with Crippen LogP contribution in [0.3, 0.4) is 0 Å². The molecule has 0 aromatic heterocycles. The van der Waals surface area contributed by atoms with E-state index in [4.69, 9.17) is 16.7 Å². The third kappa shape index (κ3) is 4.00. The van der Waals surface area contributed by atoms with Gasteiger partial charge < -0.3 is 15.2 Å². The minimum Gasteiger partial charge on any atom is -0.480 e. The van der Waals surface area contributed by atoms with Crippen molar-refractivity contribution in [2.75, 3.05) is 19.0 Å². The Hall–Kier alpha value is -1.47. The molecule has 0 aliphatic carbocycles. The number of alkyl halides is 3. The lowest BCUT2D eigenvalue weighted by Crippen LogP contribution is -2.34. The van der Waals surface area contributed by atoms with Gasteiger partial charge in [0, 0.05) is 7.11 Å². The fourth-order valence-electron chi connectivity index (χ4n) is 1.42. The van der Waals surface area contributed by atoms with Crippen molar-refractivity contribution >= 4 is 23.3 Å². The lowest BCUT2D eigenvalue weighted by Gasteiger charge is -2.20. The predicted molar refractivity (Wildman–Crippen MR) is 63.4 cm³/mol. The van der Waals surface area contributed by atoms with Crippen LogP contribution in [0.1, 0.15) is 5.56 Å². The third-order valence-corrected chi connectivity index (χ3v) is 2.58. The second-order valence-corrected chi connectivity index (χ2v) is 4.06. The van der Waals surface area contributed by atoms with E-state index in [1.165, 1.54) is 13.2 Å². The van der Waals surface area contributed by atoms with Gasteiger partial charge in [-0.15, -0.1) is 0 Å². The summed E-state index contributed by atoms with van der Waals surface area (Å²) in [6, 6.07) is 1.87. The molecule has 0 aliphatic rings. The normalized spacial score (nSPS) is 13.1. The molecule has 0 bridgehead atoms. The Labute approximate surface area is 112 Å². The first-order valence-corrected chi connectivity index (χ1v) is 5.49. The minimum absolute atomic E-state index is 0.211. The average Bonchev–Trinajstić information content (AvgIpc) is 2.29. The van der Waals surface area contributed by atoms with E-state index in [0.29, 0.717) is 0 Å². The summed E-state index contributed by atoms with van der Waals surface area (Å²) in [7, 11) is 1.24. The Kier molecular flexibility index (Phi) is 5.02. The van der Waals surface area contributed by atoms with Crippen LogP contribution in [0, 0.1) is 0 Å². The van der Waals surface area contributed by atoms with E-state index in [2.05, 4.69) is 10.1 Å². The molecule has 0 spiro atoms. The van der Waals surface area contributed by atoms with E-state index in [0.717, 1.165) is 12.1 Å². The summed E-state index contributed by atoms with van der Waals surface area (Å²) in [4.78, 5) is 10.9. The molecule has 0 radical (unpaired) electrons. The van der Waals surface area contributed by atoms with Gasteiger partial charge in [-0.2, -0.15) is 13.2 Å². The van der Waals surface area contributed by atoms with Gasteiger partial charge in [0.05, 0.1) is 22.9 Å². The quantitative estimate of drug-likeness (QED) is 0.877. The van der Waals surface area contributed by atoms with Crippen molar-refractivity contribution in [3.8, 4) is 0 Å². The van der Waals surface area contributed by atoms with E-state index >= 15 is 0 Å². The summed E-state index contributed by atoms with van der Waals surface area (Å²) in [6.07, 6.45) is -4.64. The number of benzene rings is 1. The average molecular weight is 298 g/mol. The van der Waals surface area contributed by atoms with Gasteiger partial charge in [-0.3, -0.25) is 0 Å². The van der Waals surface area contributed by atoms with Gasteiger partial charge >= 0.3 is 12.1 Å². The van der Waals surface area contributed by atoms with Crippen molar-refractivity contribution in [2.45, 2.75) is 12.2 Å². The zero-order valence-corrected chi connectivity index (χ0v) is 10.5. The van der Waals surface area contributed by atoms with E-state index < -0.39 is 29.4 Å². The van der Waals surface area contributed by atoms with Crippen LogP contribution < -0.4 is 5.32 Å². The molecule has 1 atom stereocenters. The summed E-state index contributed by atoms with van der Waals surface area (Å²) in [6.45, 7) is -0.294. The summed E-state index contributed by atoms with van der Waals surface area (Å²) < 4.78 is 43.0. The van der Waals surface area contributed by atoms with Crippen LogP contribution in [0.25, 0.3) is 0 Å². The van der Waals surface area contributed by atoms with Gasteiger partial charge in [0.2, 0.25) is 0 Å². The van der Waals surface area contributed by atoms with Crippen LogP contribution in [0.2, 0.25) is 5.02 Å². The SMILES string of the molecule is COCC(Nc1c(Cl)cccc1C(F)(F)F)C(=O)O. The molecule has 0 saturated heterocycles. The fraction of sp³-hybridized carbons (Fsp3) is 0.364. The molecule has 1 unspecified atom stereocenters. The van der Waals surface area contributed by atoms with Crippen molar-refractivity contribution < 1.29 is 27.8 Å². The highest BCUT2D eigenvalue weighted by Gasteiger charge is 2.35. The van der Waals surface area contributed by atoms with Gasteiger partial charge in [0.1, 0.15) is 6.04 Å². The van der Waals surface area contributed by atoms with Gasteiger partial charge in [0.25, 0.3) is 0 Å². The lowest BCUT2D eigenvalue weighted by atomic mass is 10.1. The molecular weight excluding hydrogens is 287 g/mol. The zero-order valence-electron chi connectivity index (χ0n) is 9.79. The van der Waals surface area contributed by atoms with Crippen LogP contribution in [0.15, 0.2) is 18.2 Å². The maximum Gasteiger partial charge on any atom is 0.418 e. The van der Waals surface area contributed by atoms with E-state index in [1.807, 2.05) is 0 Å². The molecule has 1 aromatic rings. The number of carboxylic acid groups (broad SMARTS) is 1. The maximum absolute atomic E-state index is 12.8. The molecule has 0 heterocycles. The first kappa shape index (κ1) is 15.6. The monoisotopic (exact) mass is 297 g/mol. The van der Waals surface area contributed by atoms with Crippen LogP contribution in [-0.2, 0) is 15.7 Å². The van der Waals surface area contributed by atoms with Crippen LogP contribution in [-0.4, -0.2) is 30.8 Å². The van der Waals surface area contributed by atoms with Crippen LogP contribution in [0.4, 0.5) is 18.9 Å². The summed E-state index contributed by atoms with van der Waals surface area (Å²) in [5.41, 5.74) is -1.50. The standard InChI is InChI=1S/C11H11ClF3NO3/c1-19-5-8(10(17)18)16-9-6(11(13,14)15)3-2-4-7(9)12/h2-4,8,16H,5H2,1H3,(H,17,18). The Bertz CT molecular complexity index is 465. The number of ether oxygens (including phenoxy) is 1. The molecular formula is C11H11ClF3NO3. The van der Waals surface area contributed by atoms with Crippen LogP contribution in [0.5, 0.6) is 0 Å². The lowest BCUT2D eigenvalue weighted by molar-refractivity contribution is -0.140. The summed E-state index contributed by atoms with van der Waals surface area (Å²) >= 11 is 5.69. The van der Waals surface area contributed by atoms with Crippen molar-refractivity contribution in [2.24, 2.45) is 0 Å². The van der Waals surface area contributed by atoms with Crippen molar-refractivity contribution in [3.63, 3.8) is 0 Å². The van der Waals surface area contributed by atoms with Crippen molar-refractivity contribution in [3.05, 3.63) is 28.8 Å². The van der Waals surface area contributed by atoms with Gasteiger partial charge in [0.15, 0.2) is 0 Å². The Balaban J connectivity index is 3.15. The molecule has 1 rings (SSSR count). The second-order valence-electron chi connectivity index (χ2n) is 3.65. The number of para-hydroxylation sites is 1. The minimum atomic E-state index is -4.64. The summed E-state index contributed by atoms with van der Waals surface area (Å²) in [5, 5.41) is 10.9. The molecule has 0 fully saturated rings. The smallest absolute Gasteiger partial charge is 0.418 e. The number of hydrogen-bond acceptors (Lipinski definition) is 3. The summed E-state index contributed by atoms with van der Waals surface area (Å²) in [5.74, 6) is -1.34. The highest BCUT2D eigenvalue weighted by Crippen LogP contribution is 2.38. The number of aliphatic carboxylic acids is 1. The van der Waals surface area contributed by atoms with Crippen molar-refractivity contribution in [1.82, 2.24) is 0 Å². The number of methoxy groups -OCH3 is 1. The number of carboxylic acids is 1. The van der Waals surface area contributed by atoms with E-state index in [9.17, 15) is 18.0 Å². The van der Waals surface area contributed by atoms with Crippen LogP contribution >= 0.6 is 11.6 Å². The highest BCUT2D eigenvalue weighted by atomic mass is 35.5. The Morgan fingerprint density at radius 3 is 2.63 bits per heavy atom. The molecule has 19 heavy (non-hydrogen) atoms. The van der Waals surface area contributed by atoms with Gasteiger partial charge in [-0.25, -0.2) is 4.79 Å². The zero-order chi connectivity index (χ0) is 14.6. The molecule has 8 heteroatoms. The Morgan fingerprint density at radius 1 is 1.53 bits per heavy atom. The van der Waals surface area contributed by atoms with Crippen molar-refractivity contribution in [1.29, 1.82) is 0 Å². The van der Waals surface area contributed by atoms with Gasteiger partial charge in [-0.1, -0.05) is 17.7 Å². The molecule has 2 N–H and O–H groups in total. The largest absolute Gasteiger partial charge is 0.480 e. The molecule has 1 aromatic carbocycles. The number of anilines is 1. The number of nitrogens with one attached hydrogen (secondary N) is 1. The number of rotatable bonds is 5. The number of hydrogen-bond donors (Lipinski definition) is 2. The van der Waals surface area contributed by atoms with Gasteiger partial charge in [-0.05, 0) is 12.1 Å². The number of carbonyl (C=O) groups is 1. The molecule has 106 valence electrons. The third-order valence-electron chi connectivity index (χ3n) is 2.27. The maximum atomic E-state index is 12.8. The van der Waals surface area contributed by atoms with E-state index in [-0.39, 0.29) is 11.6 Å². The topological polar surface area (TPSA) is 58.6 Å². The predicted octanol–water partition coefficient (Wildman–Crippen LogP) is 2.87. The molecule has 0 saturated carbocycles. The van der Waals surface area contributed by atoms with E-state index in [1.54, 1.807) is 0 Å². The molecule has 4 nitrogen and oxygen atoms in total. The fourth-order valence-corrected chi connectivity index (χ4v) is 1.65. The highest BCUT2D eigenvalue weighted by molar-refractivity contribution is 6.33. The second kappa shape index (κ2) is 6.12. The molecule has 0 aliphatic heterocycles.